The van der Waals surface area contributed by atoms with Gasteiger partial charge in [-0.05, 0) is 18.4 Å². The van der Waals surface area contributed by atoms with Crippen LogP contribution in [0.3, 0.4) is 0 Å². The fourth-order valence-electron chi connectivity index (χ4n) is 2.18. The summed E-state index contributed by atoms with van der Waals surface area (Å²) in [5.74, 6) is -1.01. The highest BCUT2D eigenvalue weighted by Crippen LogP contribution is 2.12. The predicted octanol–water partition coefficient (Wildman–Crippen LogP) is 4.41. The zero-order valence-electron chi connectivity index (χ0n) is 14.3. The first kappa shape index (κ1) is 19.4. The van der Waals surface area contributed by atoms with Crippen LogP contribution < -0.4 is 0 Å². The maximum atomic E-state index is 12.1. The Balaban J connectivity index is 2.47. The highest BCUT2D eigenvalue weighted by Gasteiger charge is 2.23. The third-order valence-corrected chi connectivity index (χ3v) is 3.58. The molecule has 0 fully saturated rings. The maximum absolute atomic E-state index is 12.1. The highest BCUT2D eigenvalue weighted by atomic mass is 16.6. The summed E-state index contributed by atoms with van der Waals surface area (Å²) < 4.78 is 10.6. The van der Waals surface area contributed by atoms with Gasteiger partial charge in [-0.2, -0.15) is 0 Å². The number of unbranched alkanes of at least 4 members (excludes halogenated alkanes) is 3. The monoisotopic (exact) mass is 320 g/mol. The van der Waals surface area contributed by atoms with Gasteiger partial charge in [-0.15, -0.1) is 0 Å². The van der Waals surface area contributed by atoms with Gasteiger partial charge >= 0.3 is 11.9 Å². The molecule has 4 nitrogen and oxygen atoms in total. The van der Waals surface area contributed by atoms with Crippen molar-refractivity contribution in [2.45, 2.75) is 71.5 Å². The Morgan fingerprint density at radius 1 is 1.00 bits per heavy atom. The van der Waals surface area contributed by atoms with Gasteiger partial charge in [0.05, 0.1) is 6.61 Å². The number of hydrogen-bond donors (Lipinski definition) is 0. The third-order valence-electron chi connectivity index (χ3n) is 3.58. The quantitative estimate of drug-likeness (QED) is 0.344. The van der Waals surface area contributed by atoms with Crippen molar-refractivity contribution >= 4 is 11.9 Å². The first-order valence-electron chi connectivity index (χ1n) is 8.57. The molecule has 1 rings (SSSR count). The fourth-order valence-corrected chi connectivity index (χ4v) is 2.18. The van der Waals surface area contributed by atoms with Crippen LogP contribution in [-0.4, -0.2) is 18.0 Å². The summed E-state index contributed by atoms with van der Waals surface area (Å²) in [4.78, 5) is 23.8. The summed E-state index contributed by atoms with van der Waals surface area (Å²) in [6.45, 7) is 4.46. The van der Waals surface area contributed by atoms with Crippen molar-refractivity contribution in [1.82, 2.24) is 0 Å². The average molecular weight is 320 g/mol. The van der Waals surface area contributed by atoms with Gasteiger partial charge in [0, 0.05) is 6.42 Å². The number of rotatable bonds is 11. The van der Waals surface area contributed by atoms with E-state index in [0.29, 0.717) is 19.4 Å². The van der Waals surface area contributed by atoms with Crippen molar-refractivity contribution < 1.29 is 19.1 Å². The molecule has 128 valence electrons. The molecule has 0 aromatic heterocycles. The van der Waals surface area contributed by atoms with Crippen LogP contribution in [0.4, 0.5) is 0 Å². The molecule has 1 atom stereocenters. The lowest BCUT2D eigenvalue weighted by Gasteiger charge is -2.16. The molecule has 1 aromatic rings. The smallest absolute Gasteiger partial charge is 0.342 e. The van der Waals surface area contributed by atoms with Crippen molar-refractivity contribution in [3.63, 3.8) is 0 Å². The lowest BCUT2D eigenvalue weighted by atomic mass is 10.1. The SMILES string of the molecule is CCCCCC(=O)OC(=O)C(CCCC)OCc1ccccc1. The van der Waals surface area contributed by atoms with Crippen molar-refractivity contribution in [2.75, 3.05) is 0 Å². The van der Waals surface area contributed by atoms with Gasteiger partial charge in [0.15, 0.2) is 6.10 Å². The molecule has 0 saturated heterocycles. The van der Waals surface area contributed by atoms with Crippen LogP contribution in [0.1, 0.15) is 64.4 Å². The van der Waals surface area contributed by atoms with Crippen LogP contribution in [0.5, 0.6) is 0 Å². The molecule has 23 heavy (non-hydrogen) atoms. The van der Waals surface area contributed by atoms with Crippen LogP contribution in [-0.2, 0) is 25.7 Å². The number of esters is 2. The van der Waals surface area contributed by atoms with E-state index in [2.05, 4.69) is 13.8 Å². The van der Waals surface area contributed by atoms with Crippen molar-refractivity contribution in [1.29, 1.82) is 0 Å². The molecule has 0 aliphatic rings. The molecule has 0 amide bonds. The van der Waals surface area contributed by atoms with E-state index < -0.39 is 18.0 Å². The van der Waals surface area contributed by atoms with Crippen LogP contribution in [0.2, 0.25) is 0 Å². The van der Waals surface area contributed by atoms with E-state index >= 15 is 0 Å². The first-order chi connectivity index (χ1) is 11.2. The minimum atomic E-state index is -0.676. The normalized spacial score (nSPS) is 11.9. The Labute approximate surface area is 139 Å². The lowest BCUT2D eigenvalue weighted by molar-refractivity contribution is -0.169. The Morgan fingerprint density at radius 2 is 1.70 bits per heavy atom. The minimum absolute atomic E-state index is 0.290. The molecule has 0 heterocycles. The molecular weight excluding hydrogens is 292 g/mol. The largest absolute Gasteiger partial charge is 0.391 e. The van der Waals surface area contributed by atoms with E-state index in [-0.39, 0.29) is 0 Å². The van der Waals surface area contributed by atoms with E-state index in [1.807, 2.05) is 30.3 Å². The number of benzene rings is 1. The second-order valence-electron chi connectivity index (χ2n) is 5.68. The van der Waals surface area contributed by atoms with Gasteiger partial charge in [0.1, 0.15) is 0 Å². The summed E-state index contributed by atoms with van der Waals surface area (Å²) in [5, 5.41) is 0. The minimum Gasteiger partial charge on any atom is -0.391 e. The Morgan fingerprint density at radius 3 is 2.35 bits per heavy atom. The summed E-state index contributed by atoms with van der Waals surface area (Å²) >= 11 is 0. The Bertz CT molecular complexity index is 456. The molecule has 0 N–H and O–H groups in total. The van der Waals surface area contributed by atoms with Gasteiger partial charge < -0.3 is 9.47 Å². The lowest BCUT2D eigenvalue weighted by Crippen LogP contribution is -2.28. The van der Waals surface area contributed by atoms with Gasteiger partial charge in [-0.1, -0.05) is 69.9 Å². The molecule has 0 saturated carbocycles. The summed E-state index contributed by atoms with van der Waals surface area (Å²) in [7, 11) is 0. The second kappa shape index (κ2) is 11.8. The molecule has 0 bridgehead atoms. The number of ether oxygens (including phenoxy) is 2. The maximum Gasteiger partial charge on any atom is 0.342 e. The predicted molar refractivity (Wildman–Crippen MR) is 89.8 cm³/mol. The molecule has 0 radical (unpaired) electrons. The van der Waals surface area contributed by atoms with Crippen molar-refractivity contribution in [3.8, 4) is 0 Å². The molecule has 1 unspecified atom stereocenters. The zero-order valence-corrected chi connectivity index (χ0v) is 14.3. The molecule has 4 heteroatoms. The van der Waals surface area contributed by atoms with Crippen LogP contribution in [0.15, 0.2) is 30.3 Å². The Hall–Kier alpha value is -1.68. The van der Waals surface area contributed by atoms with Gasteiger partial charge in [-0.25, -0.2) is 4.79 Å². The number of carbonyl (C=O) groups excluding carboxylic acids is 2. The van der Waals surface area contributed by atoms with E-state index in [1.54, 1.807) is 0 Å². The van der Waals surface area contributed by atoms with Crippen LogP contribution >= 0.6 is 0 Å². The van der Waals surface area contributed by atoms with E-state index in [9.17, 15) is 9.59 Å². The first-order valence-corrected chi connectivity index (χ1v) is 8.57. The third kappa shape index (κ3) is 8.50. The molecule has 0 aliphatic carbocycles. The summed E-state index contributed by atoms with van der Waals surface area (Å²) in [6.07, 6.45) is 4.76. The van der Waals surface area contributed by atoms with Crippen molar-refractivity contribution in [2.24, 2.45) is 0 Å². The molecular formula is C19H28O4. The standard InChI is InChI=1S/C19H28O4/c1-3-5-8-14-18(20)23-19(21)17(13-6-4-2)22-15-16-11-9-7-10-12-16/h7,9-12,17H,3-6,8,13-15H2,1-2H3. The molecule has 1 aromatic carbocycles. The van der Waals surface area contributed by atoms with E-state index in [1.165, 1.54) is 0 Å². The molecule has 0 spiro atoms. The van der Waals surface area contributed by atoms with E-state index in [0.717, 1.165) is 37.7 Å². The van der Waals surface area contributed by atoms with Gasteiger partial charge in [0.2, 0.25) is 0 Å². The zero-order chi connectivity index (χ0) is 16.9. The summed E-state index contributed by atoms with van der Waals surface area (Å²) in [5.41, 5.74) is 0.996. The highest BCUT2D eigenvalue weighted by molar-refractivity contribution is 5.87. The molecule has 0 aliphatic heterocycles. The van der Waals surface area contributed by atoms with Gasteiger partial charge in [0.25, 0.3) is 0 Å². The topological polar surface area (TPSA) is 52.6 Å². The van der Waals surface area contributed by atoms with Crippen molar-refractivity contribution in [3.05, 3.63) is 35.9 Å². The van der Waals surface area contributed by atoms with Crippen LogP contribution in [0, 0.1) is 0 Å². The average Bonchev–Trinajstić information content (AvgIpc) is 2.56. The van der Waals surface area contributed by atoms with Gasteiger partial charge in [-0.3, -0.25) is 4.79 Å². The van der Waals surface area contributed by atoms with E-state index in [4.69, 9.17) is 9.47 Å². The summed E-state index contributed by atoms with van der Waals surface area (Å²) in [6, 6.07) is 9.67. The van der Waals surface area contributed by atoms with Crippen LogP contribution in [0.25, 0.3) is 0 Å². The number of hydrogen-bond acceptors (Lipinski definition) is 4. The second-order valence-corrected chi connectivity index (χ2v) is 5.68. The Kier molecular flexibility index (Phi) is 9.96. The number of carbonyl (C=O) groups is 2. The fraction of sp³-hybridized carbons (Fsp3) is 0.579.